The fourth-order valence-electron chi connectivity index (χ4n) is 1.96. The van der Waals surface area contributed by atoms with Crippen molar-refractivity contribution in [1.82, 2.24) is 4.98 Å². The minimum Gasteiger partial charge on any atom is -0.493 e. The summed E-state index contributed by atoms with van der Waals surface area (Å²) in [5, 5.41) is 1.06. The molecule has 96 valence electrons. The van der Waals surface area contributed by atoms with Crippen LogP contribution in [0.1, 0.15) is 6.92 Å². The molecule has 1 heterocycles. The minimum atomic E-state index is 0.606. The van der Waals surface area contributed by atoms with Gasteiger partial charge in [-0.2, -0.15) is 0 Å². The van der Waals surface area contributed by atoms with E-state index in [1.807, 2.05) is 39.2 Å². The molecule has 0 radical (unpaired) electrons. The third-order valence-electron chi connectivity index (χ3n) is 2.79. The van der Waals surface area contributed by atoms with E-state index in [2.05, 4.69) is 9.88 Å². The summed E-state index contributed by atoms with van der Waals surface area (Å²) < 4.78 is 10.9. The number of rotatable bonds is 4. The van der Waals surface area contributed by atoms with Gasteiger partial charge >= 0.3 is 0 Å². The van der Waals surface area contributed by atoms with Crippen LogP contribution >= 0.6 is 0 Å². The van der Waals surface area contributed by atoms with Crippen LogP contribution in [0.2, 0.25) is 0 Å². The summed E-state index contributed by atoms with van der Waals surface area (Å²) in [4.78, 5) is 6.44. The predicted octanol–water partition coefficient (Wildman–Crippen LogP) is 2.71. The largest absolute Gasteiger partial charge is 0.493 e. The first kappa shape index (κ1) is 12.5. The molecule has 0 aliphatic carbocycles. The van der Waals surface area contributed by atoms with Crippen molar-refractivity contribution in [3.05, 3.63) is 24.4 Å². The van der Waals surface area contributed by atoms with Crippen molar-refractivity contribution in [3.8, 4) is 11.5 Å². The van der Waals surface area contributed by atoms with Gasteiger partial charge in [-0.05, 0) is 19.1 Å². The molecule has 0 atom stereocenters. The highest BCUT2D eigenvalue weighted by molar-refractivity contribution is 5.93. The van der Waals surface area contributed by atoms with E-state index in [4.69, 9.17) is 9.47 Å². The lowest BCUT2D eigenvalue weighted by Crippen LogP contribution is -2.09. The lowest BCUT2D eigenvalue weighted by Gasteiger charge is -2.17. The highest BCUT2D eigenvalue weighted by Crippen LogP contribution is 2.35. The molecule has 0 aliphatic heterocycles. The molecule has 0 fully saturated rings. The Labute approximate surface area is 107 Å². The van der Waals surface area contributed by atoms with Gasteiger partial charge in [0, 0.05) is 37.4 Å². The van der Waals surface area contributed by atoms with E-state index in [0.29, 0.717) is 6.61 Å². The third kappa shape index (κ3) is 2.18. The van der Waals surface area contributed by atoms with Crippen LogP contribution in [-0.2, 0) is 0 Å². The third-order valence-corrected chi connectivity index (χ3v) is 2.79. The summed E-state index contributed by atoms with van der Waals surface area (Å²) >= 11 is 0. The number of benzene rings is 1. The number of nitrogens with zero attached hydrogens (tertiary/aromatic N) is 2. The lowest BCUT2D eigenvalue weighted by atomic mass is 10.1. The molecule has 4 heteroatoms. The smallest absolute Gasteiger partial charge is 0.163 e. The van der Waals surface area contributed by atoms with E-state index in [1.165, 1.54) is 0 Å². The summed E-state index contributed by atoms with van der Waals surface area (Å²) in [6.45, 7) is 2.56. The highest BCUT2D eigenvalue weighted by Gasteiger charge is 2.10. The first-order chi connectivity index (χ1) is 8.67. The number of ether oxygens (including phenoxy) is 2. The summed E-state index contributed by atoms with van der Waals surface area (Å²) in [5.74, 6) is 1.47. The van der Waals surface area contributed by atoms with E-state index in [-0.39, 0.29) is 0 Å². The molecule has 1 aromatic carbocycles. The zero-order valence-corrected chi connectivity index (χ0v) is 11.2. The Morgan fingerprint density at radius 3 is 2.61 bits per heavy atom. The SMILES string of the molecule is CCOc1cc2nccc(N(C)C)c2cc1OC. The fraction of sp³-hybridized carbons (Fsp3) is 0.357. The van der Waals surface area contributed by atoms with Crippen molar-refractivity contribution in [1.29, 1.82) is 0 Å². The molecular weight excluding hydrogens is 228 g/mol. The number of anilines is 1. The van der Waals surface area contributed by atoms with Crippen LogP contribution in [0.5, 0.6) is 11.5 Å². The molecule has 0 amide bonds. The molecule has 18 heavy (non-hydrogen) atoms. The lowest BCUT2D eigenvalue weighted by molar-refractivity contribution is 0.311. The molecule has 0 saturated heterocycles. The molecule has 0 bridgehead atoms. The van der Waals surface area contributed by atoms with Crippen molar-refractivity contribution in [3.63, 3.8) is 0 Å². The van der Waals surface area contributed by atoms with E-state index >= 15 is 0 Å². The Hall–Kier alpha value is -1.97. The molecule has 0 aliphatic rings. The first-order valence-corrected chi connectivity index (χ1v) is 5.94. The zero-order chi connectivity index (χ0) is 13.1. The number of aromatic nitrogens is 1. The van der Waals surface area contributed by atoms with E-state index in [0.717, 1.165) is 28.1 Å². The minimum absolute atomic E-state index is 0.606. The maximum absolute atomic E-state index is 5.56. The fourth-order valence-corrected chi connectivity index (χ4v) is 1.96. The van der Waals surface area contributed by atoms with Crippen LogP contribution in [-0.4, -0.2) is 32.8 Å². The van der Waals surface area contributed by atoms with Crippen LogP contribution in [0.3, 0.4) is 0 Å². The number of pyridine rings is 1. The Bertz CT molecular complexity index is 553. The normalized spacial score (nSPS) is 10.4. The molecule has 4 nitrogen and oxygen atoms in total. The average molecular weight is 246 g/mol. The summed E-state index contributed by atoms with van der Waals surface area (Å²) in [5.41, 5.74) is 2.02. The first-order valence-electron chi connectivity index (χ1n) is 5.94. The van der Waals surface area contributed by atoms with E-state index in [9.17, 15) is 0 Å². The van der Waals surface area contributed by atoms with Gasteiger partial charge in [-0.15, -0.1) is 0 Å². The van der Waals surface area contributed by atoms with Crippen LogP contribution < -0.4 is 14.4 Å². The molecule has 0 saturated carbocycles. The van der Waals surface area contributed by atoms with Gasteiger partial charge in [-0.3, -0.25) is 4.98 Å². The number of fused-ring (bicyclic) bond motifs is 1. The Balaban J connectivity index is 2.66. The maximum atomic E-state index is 5.56. The molecule has 0 N–H and O–H groups in total. The van der Waals surface area contributed by atoms with Crippen molar-refractivity contribution < 1.29 is 9.47 Å². The van der Waals surface area contributed by atoms with Gasteiger partial charge < -0.3 is 14.4 Å². The van der Waals surface area contributed by atoms with Gasteiger partial charge in [0.05, 0.1) is 19.2 Å². The Kier molecular flexibility index (Phi) is 3.55. The van der Waals surface area contributed by atoms with Crippen LogP contribution in [0.4, 0.5) is 5.69 Å². The van der Waals surface area contributed by atoms with Crippen LogP contribution in [0.25, 0.3) is 10.9 Å². The summed E-state index contributed by atoms with van der Waals surface area (Å²) in [6, 6.07) is 5.88. The van der Waals surface area contributed by atoms with E-state index in [1.54, 1.807) is 13.3 Å². The van der Waals surface area contributed by atoms with Crippen molar-refractivity contribution >= 4 is 16.6 Å². The van der Waals surface area contributed by atoms with Crippen LogP contribution in [0.15, 0.2) is 24.4 Å². The molecular formula is C14H18N2O2. The number of hydrogen-bond acceptors (Lipinski definition) is 4. The topological polar surface area (TPSA) is 34.6 Å². The summed E-state index contributed by atoms with van der Waals surface area (Å²) in [7, 11) is 5.67. The molecule has 0 unspecified atom stereocenters. The van der Waals surface area contributed by atoms with Gasteiger partial charge in [0.2, 0.25) is 0 Å². The quantitative estimate of drug-likeness (QED) is 0.830. The highest BCUT2D eigenvalue weighted by atomic mass is 16.5. The van der Waals surface area contributed by atoms with Gasteiger partial charge in [0.25, 0.3) is 0 Å². The predicted molar refractivity (Wildman–Crippen MR) is 73.8 cm³/mol. The average Bonchev–Trinajstić information content (AvgIpc) is 2.37. The molecule has 0 spiro atoms. The van der Waals surface area contributed by atoms with Crippen molar-refractivity contribution in [2.75, 3.05) is 32.7 Å². The van der Waals surface area contributed by atoms with Crippen molar-refractivity contribution in [2.24, 2.45) is 0 Å². The number of methoxy groups -OCH3 is 1. The second kappa shape index (κ2) is 5.12. The van der Waals surface area contributed by atoms with Crippen LogP contribution in [0, 0.1) is 0 Å². The van der Waals surface area contributed by atoms with Crippen molar-refractivity contribution in [2.45, 2.75) is 6.92 Å². The monoisotopic (exact) mass is 246 g/mol. The van der Waals surface area contributed by atoms with Gasteiger partial charge in [-0.25, -0.2) is 0 Å². The van der Waals surface area contributed by atoms with E-state index < -0.39 is 0 Å². The van der Waals surface area contributed by atoms with Gasteiger partial charge in [-0.1, -0.05) is 0 Å². The molecule has 1 aromatic heterocycles. The second-order valence-corrected chi connectivity index (χ2v) is 4.18. The Morgan fingerprint density at radius 2 is 2.00 bits per heavy atom. The van der Waals surface area contributed by atoms with Gasteiger partial charge in [0.15, 0.2) is 11.5 Å². The molecule has 2 aromatic rings. The standard InChI is InChI=1S/C14H18N2O2/c1-5-18-14-9-11-10(8-13(14)17-4)12(16(2)3)6-7-15-11/h6-9H,5H2,1-4H3. The Morgan fingerprint density at radius 1 is 1.22 bits per heavy atom. The number of hydrogen-bond donors (Lipinski definition) is 0. The summed E-state index contributed by atoms with van der Waals surface area (Å²) in [6.07, 6.45) is 1.81. The maximum Gasteiger partial charge on any atom is 0.163 e. The zero-order valence-electron chi connectivity index (χ0n) is 11.2. The second-order valence-electron chi connectivity index (χ2n) is 4.18. The molecule has 2 rings (SSSR count). The van der Waals surface area contributed by atoms with Gasteiger partial charge in [0.1, 0.15) is 0 Å².